The van der Waals surface area contributed by atoms with Gasteiger partial charge in [-0.2, -0.15) is 0 Å². The van der Waals surface area contributed by atoms with Crippen molar-refractivity contribution in [2.45, 2.75) is 6.42 Å². The molecule has 0 spiro atoms. The van der Waals surface area contributed by atoms with E-state index < -0.39 is 0 Å². The SMILES string of the molecule is O=C(Cc1ccc(Br)cc1)N1C[C@H]2CNC[C@H]2C1. The zero-order valence-electron chi connectivity index (χ0n) is 10.2. The Morgan fingerprint density at radius 3 is 2.44 bits per heavy atom. The van der Waals surface area contributed by atoms with Crippen LogP contribution in [0.2, 0.25) is 0 Å². The number of likely N-dealkylation sites (tertiary alicyclic amines) is 1. The van der Waals surface area contributed by atoms with Gasteiger partial charge in [0, 0.05) is 30.7 Å². The molecular formula is C14H17BrN2O. The van der Waals surface area contributed by atoms with Crippen LogP contribution in [0.3, 0.4) is 0 Å². The van der Waals surface area contributed by atoms with Crippen molar-refractivity contribution in [3.8, 4) is 0 Å². The molecular weight excluding hydrogens is 292 g/mol. The topological polar surface area (TPSA) is 32.3 Å². The molecule has 2 atom stereocenters. The van der Waals surface area contributed by atoms with Gasteiger partial charge in [0.05, 0.1) is 6.42 Å². The fourth-order valence-corrected chi connectivity index (χ4v) is 3.21. The number of benzene rings is 1. The fraction of sp³-hybridized carbons (Fsp3) is 0.500. The second kappa shape index (κ2) is 5.02. The lowest BCUT2D eigenvalue weighted by atomic mass is 10.0. The summed E-state index contributed by atoms with van der Waals surface area (Å²) in [4.78, 5) is 14.3. The first-order valence-electron chi connectivity index (χ1n) is 6.45. The van der Waals surface area contributed by atoms with Gasteiger partial charge in [-0.3, -0.25) is 4.79 Å². The van der Waals surface area contributed by atoms with E-state index in [0.29, 0.717) is 18.3 Å². The molecule has 2 heterocycles. The van der Waals surface area contributed by atoms with Crippen LogP contribution in [0, 0.1) is 11.8 Å². The minimum absolute atomic E-state index is 0.270. The number of carbonyl (C=O) groups excluding carboxylic acids is 1. The quantitative estimate of drug-likeness (QED) is 0.901. The van der Waals surface area contributed by atoms with E-state index in [1.807, 2.05) is 29.2 Å². The molecule has 2 aliphatic heterocycles. The molecule has 4 heteroatoms. The van der Waals surface area contributed by atoms with Crippen molar-refractivity contribution < 1.29 is 4.79 Å². The number of carbonyl (C=O) groups is 1. The molecule has 1 N–H and O–H groups in total. The predicted molar refractivity (Wildman–Crippen MR) is 74.3 cm³/mol. The Hall–Kier alpha value is -0.870. The molecule has 1 amide bonds. The van der Waals surface area contributed by atoms with E-state index in [1.165, 1.54) is 0 Å². The first-order chi connectivity index (χ1) is 8.72. The van der Waals surface area contributed by atoms with Crippen LogP contribution in [0.1, 0.15) is 5.56 Å². The molecule has 0 radical (unpaired) electrons. The summed E-state index contributed by atoms with van der Waals surface area (Å²) in [6.45, 7) is 4.03. The Balaban J connectivity index is 1.60. The molecule has 1 aromatic rings. The molecule has 96 valence electrons. The van der Waals surface area contributed by atoms with Crippen LogP contribution in [0.4, 0.5) is 0 Å². The number of amides is 1. The van der Waals surface area contributed by atoms with E-state index in [2.05, 4.69) is 21.2 Å². The van der Waals surface area contributed by atoms with Crippen LogP contribution in [0.25, 0.3) is 0 Å². The van der Waals surface area contributed by atoms with Crippen LogP contribution in [-0.4, -0.2) is 37.0 Å². The Labute approximate surface area is 116 Å². The van der Waals surface area contributed by atoms with Gasteiger partial charge in [-0.05, 0) is 29.5 Å². The van der Waals surface area contributed by atoms with E-state index in [-0.39, 0.29) is 5.91 Å². The highest BCUT2D eigenvalue weighted by atomic mass is 79.9. The molecule has 3 nitrogen and oxygen atoms in total. The number of hydrogen-bond acceptors (Lipinski definition) is 2. The van der Waals surface area contributed by atoms with E-state index >= 15 is 0 Å². The molecule has 0 unspecified atom stereocenters. The van der Waals surface area contributed by atoms with Gasteiger partial charge in [-0.1, -0.05) is 28.1 Å². The highest BCUT2D eigenvalue weighted by molar-refractivity contribution is 9.10. The third-order valence-corrected chi connectivity index (χ3v) is 4.54. The lowest BCUT2D eigenvalue weighted by Crippen LogP contribution is -2.32. The highest BCUT2D eigenvalue weighted by Gasteiger charge is 2.37. The Kier molecular flexibility index (Phi) is 3.39. The summed E-state index contributed by atoms with van der Waals surface area (Å²) >= 11 is 3.41. The maximum Gasteiger partial charge on any atom is 0.227 e. The number of fused-ring (bicyclic) bond motifs is 1. The minimum atomic E-state index is 0.270. The highest BCUT2D eigenvalue weighted by Crippen LogP contribution is 2.26. The smallest absolute Gasteiger partial charge is 0.227 e. The van der Waals surface area contributed by atoms with Crippen LogP contribution < -0.4 is 5.32 Å². The van der Waals surface area contributed by atoms with Crippen molar-refractivity contribution in [2.24, 2.45) is 11.8 Å². The van der Waals surface area contributed by atoms with E-state index in [4.69, 9.17) is 0 Å². The maximum atomic E-state index is 12.2. The number of nitrogens with one attached hydrogen (secondary N) is 1. The molecule has 18 heavy (non-hydrogen) atoms. The van der Waals surface area contributed by atoms with Gasteiger partial charge >= 0.3 is 0 Å². The first kappa shape index (κ1) is 12.2. The number of halogens is 1. The summed E-state index contributed by atoms with van der Waals surface area (Å²) in [5.41, 5.74) is 1.10. The third-order valence-electron chi connectivity index (χ3n) is 4.01. The van der Waals surface area contributed by atoms with Gasteiger partial charge in [0.2, 0.25) is 5.91 Å². The van der Waals surface area contributed by atoms with Crippen molar-refractivity contribution in [3.63, 3.8) is 0 Å². The zero-order chi connectivity index (χ0) is 12.5. The van der Waals surface area contributed by atoms with E-state index in [1.54, 1.807) is 0 Å². The van der Waals surface area contributed by atoms with Crippen LogP contribution in [0.15, 0.2) is 28.7 Å². The molecule has 0 saturated carbocycles. The van der Waals surface area contributed by atoms with Gasteiger partial charge < -0.3 is 10.2 Å². The first-order valence-corrected chi connectivity index (χ1v) is 7.24. The number of rotatable bonds is 2. The van der Waals surface area contributed by atoms with Gasteiger partial charge in [-0.25, -0.2) is 0 Å². The minimum Gasteiger partial charge on any atom is -0.342 e. The molecule has 1 aromatic carbocycles. The zero-order valence-corrected chi connectivity index (χ0v) is 11.8. The van der Waals surface area contributed by atoms with E-state index in [0.717, 1.165) is 36.2 Å². The Morgan fingerprint density at radius 1 is 1.22 bits per heavy atom. The van der Waals surface area contributed by atoms with E-state index in [9.17, 15) is 4.79 Å². The Morgan fingerprint density at radius 2 is 1.83 bits per heavy atom. The summed E-state index contributed by atoms with van der Waals surface area (Å²) < 4.78 is 1.06. The Bertz CT molecular complexity index is 434. The monoisotopic (exact) mass is 308 g/mol. The van der Waals surface area contributed by atoms with Gasteiger partial charge in [0.15, 0.2) is 0 Å². The van der Waals surface area contributed by atoms with Gasteiger partial charge in [0.1, 0.15) is 0 Å². The average Bonchev–Trinajstić information content (AvgIpc) is 2.92. The molecule has 0 bridgehead atoms. The maximum absolute atomic E-state index is 12.2. The summed E-state index contributed by atoms with van der Waals surface area (Å²) in [5.74, 6) is 1.63. The largest absolute Gasteiger partial charge is 0.342 e. The second-order valence-corrected chi connectivity index (χ2v) is 6.20. The normalized spacial score (nSPS) is 26.4. The molecule has 2 saturated heterocycles. The summed E-state index contributed by atoms with van der Waals surface area (Å²) in [5, 5.41) is 3.40. The van der Waals surface area contributed by atoms with Gasteiger partial charge in [-0.15, -0.1) is 0 Å². The lowest BCUT2D eigenvalue weighted by Gasteiger charge is -2.17. The van der Waals surface area contributed by atoms with Crippen molar-refractivity contribution in [3.05, 3.63) is 34.3 Å². The molecule has 2 fully saturated rings. The summed E-state index contributed by atoms with van der Waals surface area (Å²) in [7, 11) is 0. The third kappa shape index (κ3) is 2.45. The van der Waals surface area contributed by atoms with Crippen molar-refractivity contribution >= 4 is 21.8 Å². The summed E-state index contributed by atoms with van der Waals surface area (Å²) in [6, 6.07) is 8.01. The van der Waals surface area contributed by atoms with Crippen LogP contribution in [0.5, 0.6) is 0 Å². The van der Waals surface area contributed by atoms with Crippen molar-refractivity contribution in [1.29, 1.82) is 0 Å². The van der Waals surface area contributed by atoms with Crippen LogP contribution in [-0.2, 0) is 11.2 Å². The van der Waals surface area contributed by atoms with Crippen LogP contribution >= 0.6 is 15.9 Å². The number of nitrogens with zero attached hydrogens (tertiary/aromatic N) is 1. The molecule has 0 aliphatic carbocycles. The fourth-order valence-electron chi connectivity index (χ4n) is 2.95. The van der Waals surface area contributed by atoms with Gasteiger partial charge in [0.25, 0.3) is 0 Å². The summed E-state index contributed by atoms with van der Waals surface area (Å²) in [6.07, 6.45) is 0.528. The molecule has 2 aliphatic rings. The molecule has 3 rings (SSSR count). The standard InChI is InChI=1S/C14H17BrN2O/c15-13-3-1-10(2-4-13)5-14(18)17-8-11-6-16-7-12(11)9-17/h1-4,11-12,16H,5-9H2/t11-,12+. The molecule has 0 aromatic heterocycles. The second-order valence-electron chi connectivity index (χ2n) is 5.28. The average molecular weight is 309 g/mol. The van der Waals surface area contributed by atoms with Crippen molar-refractivity contribution in [1.82, 2.24) is 10.2 Å². The predicted octanol–water partition coefficient (Wildman–Crippen LogP) is 1.67. The number of hydrogen-bond donors (Lipinski definition) is 1. The lowest BCUT2D eigenvalue weighted by molar-refractivity contribution is -0.129. The van der Waals surface area contributed by atoms with Crippen molar-refractivity contribution in [2.75, 3.05) is 26.2 Å².